The highest BCUT2D eigenvalue weighted by Crippen LogP contribution is 2.12. The number of aromatic nitrogens is 3. The van der Waals surface area contributed by atoms with Gasteiger partial charge in [-0.3, -0.25) is 0 Å². The molecule has 1 unspecified atom stereocenters. The Bertz CT molecular complexity index is 615. The Hall–Kier alpha value is -1.96. The zero-order valence-corrected chi connectivity index (χ0v) is 15.3. The van der Waals surface area contributed by atoms with Crippen molar-refractivity contribution >= 4 is 0 Å². The van der Waals surface area contributed by atoms with Gasteiger partial charge in [-0.1, -0.05) is 24.3 Å². The molecule has 0 amide bonds. The van der Waals surface area contributed by atoms with Crippen molar-refractivity contribution in [2.24, 2.45) is 0 Å². The molecule has 0 saturated carbocycles. The molecule has 1 heterocycles. The fraction of sp³-hybridized carbons (Fsp3) is 0.556. The van der Waals surface area contributed by atoms with E-state index < -0.39 is 6.10 Å². The smallest absolute Gasteiger partial charge is 0.118 e. The van der Waals surface area contributed by atoms with Crippen LogP contribution in [0.5, 0.6) is 5.75 Å². The number of likely N-dealkylation sites (N-methyl/N-ethyl adjacent to an activating group) is 1. The van der Waals surface area contributed by atoms with Gasteiger partial charge in [0.25, 0.3) is 0 Å². The van der Waals surface area contributed by atoms with Crippen LogP contribution in [0, 0.1) is 0 Å². The standard InChI is InChI=1S/C18H28N4O3/c1-4-21(2)10-9-16-11-22(20-19-16)12-17(23)14-25-13-15-5-7-18(24-3)8-6-15/h5-8,11,17,23H,4,9-10,12-14H2,1-3H3. The molecule has 25 heavy (non-hydrogen) atoms. The largest absolute Gasteiger partial charge is 0.497 e. The molecular formula is C18H28N4O3. The summed E-state index contributed by atoms with van der Waals surface area (Å²) in [5.41, 5.74) is 1.97. The Morgan fingerprint density at radius 3 is 2.72 bits per heavy atom. The molecule has 0 aliphatic carbocycles. The predicted molar refractivity (Wildman–Crippen MR) is 95.6 cm³/mol. The third kappa shape index (κ3) is 6.81. The SMILES string of the molecule is CCN(C)CCc1cn(CC(O)COCc2ccc(OC)cc2)nn1. The van der Waals surface area contributed by atoms with E-state index in [2.05, 4.69) is 29.2 Å². The third-order valence-corrected chi connectivity index (χ3v) is 4.01. The number of hydrogen-bond donors (Lipinski definition) is 1. The van der Waals surface area contributed by atoms with Crippen molar-refractivity contribution in [1.82, 2.24) is 19.9 Å². The van der Waals surface area contributed by atoms with Gasteiger partial charge in [-0.15, -0.1) is 5.10 Å². The molecule has 0 bridgehead atoms. The summed E-state index contributed by atoms with van der Waals surface area (Å²) in [5.74, 6) is 0.816. The normalized spacial score (nSPS) is 12.5. The molecular weight excluding hydrogens is 320 g/mol. The molecule has 2 aromatic rings. The van der Waals surface area contributed by atoms with Crippen molar-refractivity contribution < 1.29 is 14.6 Å². The molecule has 138 valence electrons. The first kappa shape index (κ1) is 19.4. The summed E-state index contributed by atoms with van der Waals surface area (Å²) in [6.07, 6.45) is 2.12. The van der Waals surface area contributed by atoms with Crippen LogP contribution in [0.3, 0.4) is 0 Å². The zero-order valence-electron chi connectivity index (χ0n) is 15.3. The van der Waals surface area contributed by atoms with Gasteiger partial charge in [0.1, 0.15) is 5.75 Å². The Kier molecular flexibility index (Phi) is 7.84. The number of nitrogens with zero attached hydrogens (tertiary/aromatic N) is 4. The highest BCUT2D eigenvalue weighted by atomic mass is 16.5. The van der Waals surface area contributed by atoms with Crippen LogP contribution in [0.4, 0.5) is 0 Å². The summed E-state index contributed by atoms with van der Waals surface area (Å²) in [4.78, 5) is 2.22. The average Bonchev–Trinajstić information content (AvgIpc) is 3.07. The lowest BCUT2D eigenvalue weighted by molar-refractivity contribution is 0.0184. The van der Waals surface area contributed by atoms with Crippen LogP contribution in [-0.4, -0.2) is 65.0 Å². The van der Waals surface area contributed by atoms with E-state index in [0.717, 1.165) is 36.5 Å². The van der Waals surface area contributed by atoms with E-state index in [9.17, 15) is 5.11 Å². The minimum Gasteiger partial charge on any atom is -0.497 e. The molecule has 0 aliphatic rings. The maximum Gasteiger partial charge on any atom is 0.118 e. The van der Waals surface area contributed by atoms with E-state index >= 15 is 0 Å². The predicted octanol–water partition coefficient (Wildman–Crippen LogP) is 1.36. The summed E-state index contributed by atoms with van der Waals surface area (Å²) < 4.78 is 12.4. The van der Waals surface area contributed by atoms with Gasteiger partial charge in [-0.25, -0.2) is 4.68 Å². The van der Waals surface area contributed by atoms with Gasteiger partial charge in [0.2, 0.25) is 0 Å². The van der Waals surface area contributed by atoms with Crippen molar-refractivity contribution in [3.8, 4) is 5.75 Å². The van der Waals surface area contributed by atoms with Crippen LogP contribution >= 0.6 is 0 Å². The fourth-order valence-electron chi connectivity index (χ4n) is 2.31. The maximum atomic E-state index is 10.1. The third-order valence-electron chi connectivity index (χ3n) is 4.01. The molecule has 1 aromatic carbocycles. The van der Waals surface area contributed by atoms with E-state index in [4.69, 9.17) is 9.47 Å². The van der Waals surface area contributed by atoms with E-state index in [1.807, 2.05) is 30.5 Å². The molecule has 1 aromatic heterocycles. The Morgan fingerprint density at radius 1 is 1.28 bits per heavy atom. The molecule has 0 fully saturated rings. The van der Waals surface area contributed by atoms with Crippen LogP contribution in [0.25, 0.3) is 0 Å². The number of aliphatic hydroxyl groups is 1. The van der Waals surface area contributed by atoms with E-state index in [1.54, 1.807) is 11.8 Å². The second kappa shape index (κ2) is 10.1. The molecule has 0 radical (unpaired) electrons. The molecule has 1 atom stereocenters. The number of ether oxygens (including phenoxy) is 2. The zero-order chi connectivity index (χ0) is 18.1. The number of hydrogen-bond acceptors (Lipinski definition) is 6. The number of aliphatic hydroxyl groups excluding tert-OH is 1. The van der Waals surface area contributed by atoms with Crippen LogP contribution in [0.15, 0.2) is 30.5 Å². The summed E-state index contributed by atoms with van der Waals surface area (Å²) in [5, 5.41) is 18.3. The maximum absolute atomic E-state index is 10.1. The van der Waals surface area contributed by atoms with E-state index in [-0.39, 0.29) is 6.61 Å². The van der Waals surface area contributed by atoms with Crippen LogP contribution in [-0.2, 0) is 24.3 Å². The second-order valence-corrected chi connectivity index (χ2v) is 6.09. The Labute approximate surface area is 149 Å². The van der Waals surface area contributed by atoms with Gasteiger partial charge in [0, 0.05) is 19.2 Å². The first-order valence-electron chi connectivity index (χ1n) is 8.57. The van der Waals surface area contributed by atoms with Gasteiger partial charge in [-0.05, 0) is 31.3 Å². The monoisotopic (exact) mass is 348 g/mol. The summed E-state index contributed by atoms with van der Waals surface area (Å²) in [7, 11) is 3.72. The van der Waals surface area contributed by atoms with Gasteiger partial charge in [0.15, 0.2) is 0 Å². The first-order valence-corrected chi connectivity index (χ1v) is 8.57. The van der Waals surface area contributed by atoms with Crippen molar-refractivity contribution in [3.63, 3.8) is 0 Å². The van der Waals surface area contributed by atoms with Crippen molar-refractivity contribution in [2.75, 3.05) is 33.9 Å². The summed E-state index contributed by atoms with van der Waals surface area (Å²) in [6, 6.07) is 7.68. The van der Waals surface area contributed by atoms with Crippen molar-refractivity contribution in [1.29, 1.82) is 0 Å². The highest BCUT2D eigenvalue weighted by molar-refractivity contribution is 5.26. The Balaban J connectivity index is 1.69. The van der Waals surface area contributed by atoms with Crippen LogP contribution in [0.1, 0.15) is 18.2 Å². The lowest BCUT2D eigenvalue weighted by Gasteiger charge is -2.12. The molecule has 0 saturated heterocycles. The van der Waals surface area contributed by atoms with Gasteiger partial charge < -0.3 is 19.5 Å². The van der Waals surface area contributed by atoms with Crippen LogP contribution < -0.4 is 4.74 Å². The lowest BCUT2D eigenvalue weighted by Crippen LogP contribution is -2.22. The minimum atomic E-state index is -0.619. The molecule has 1 N–H and O–H groups in total. The first-order chi connectivity index (χ1) is 12.1. The number of benzene rings is 1. The summed E-state index contributed by atoms with van der Waals surface area (Å²) >= 11 is 0. The molecule has 7 nitrogen and oxygen atoms in total. The second-order valence-electron chi connectivity index (χ2n) is 6.09. The Morgan fingerprint density at radius 2 is 2.04 bits per heavy atom. The fourth-order valence-corrected chi connectivity index (χ4v) is 2.31. The van der Waals surface area contributed by atoms with E-state index in [0.29, 0.717) is 13.2 Å². The van der Waals surface area contributed by atoms with Crippen molar-refractivity contribution in [2.45, 2.75) is 32.6 Å². The highest BCUT2D eigenvalue weighted by Gasteiger charge is 2.09. The van der Waals surface area contributed by atoms with Gasteiger partial charge in [-0.2, -0.15) is 0 Å². The lowest BCUT2D eigenvalue weighted by atomic mass is 10.2. The molecule has 7 heteroatoms. The average molecular weight is 348 g/mol. The molecule has 0 spiro atoms. The molecule has 0 aliphatic heterocycles. The van der Waals surface area contributed by atoms with Gasteiger partial charge >= 0.3 is 0 Å². The number of methoxy groups -OCH3 is 1. The molecule has 2 rings (SSSR count). The summed E-state index contributed by atoms with van der Waals surface area (Å²) in [6.45, 7) is 5.16. The van der Waals surface area contributed by atoms with Crippen LogP contribution in [0.2, 0.25) is 0 Å². The topological polar surface area (TPSA) is 72.6 Å². The minimum absolute atomic E-state index is 0.250. The van der Waals surface area contributed by atoms with Crippen molar-refractivity contribution in [3.05, 3.63) is 41.7 Å². The van der Waals surface area contributed by atoms with Gasteiger partial charge in [0.05, 0.1) is 38.7 Å². The number of rotatable bonds is 11. The quantitative estimate of drug-likeness (QED) is 0.661. The van der Waals surface area contributed by atoms with E-state index in [1.165, 1.54) is 0 Å².